The fraction of sp³-hybridized carbons (Fsp3) is 0.778. The highest BCUT2D eigenvalue weighted by atomic mass is 16.5. The van der Waals surface area contributed by atoms with Crippen molar-refractivity contribution in [2.24, 2.45) is 0 Å². The highest BCUT2D eigenvalue weighted by Gasteiger charge is 2.25. The summed E-state index contributed by atoms with van der Waals surface area (Å²) in [5.41, 5.74) is 0. The molecule has 5 heteroatoms. The van der Waals surface area contributed by atoms with E-state index in [-0.39, 0.29) is 6.61 Å². The number of hydrogen-bond donors (Lipinski definition) is 1. The van der Waals surface area contributed by atoms with Crippen molar-refractivity contribution in [3.63, 3.8) is 0 Å². The molecule has 1 fully saturated rings. The molecule has 0 amide bonds. The first-order valence-electron chi connectivity index (χ1n) is 4.91. The lowest BCUT2D eigenvalue weighted by atomic mass is 10.1. The van der Waals surface area contributed by atoms with Gasteiger partial charge in [-0.2, -0.15) is 4.98 Å². The van der Waals surface area contributed by atoms with E-state index < -0.39 is 0 Å². The van der Waals surface area contributed by atoms with Gasteiger partial charge in [0, 0.05) is 13.0 Å². The second-order valence-corrected chi connectivity index (χ2v) is 3.77. The van der Waals surface area contributed by atoms with E-state index in [9.17, 15) is 0 Å². The molecular formula is C9H15N3O2. The van der Waals surface area contributed by atoms with Crippen LogP contribution in [-0.2, 0) is 6.42 Å². The molecule has 0 aromatic carbocycles. The largest absolute Gasteiger partial charge is 0.396 e. The van der Waals surface area contributed by atoms with E-state index in [1.165, 1.54) is 0 Å². The van der Waals surface area contributed by atoms with Crippen molar-refractivity contribution in [3.8, 4) is 0 Å². The first kappa shape index (κ1) is 9.61. The Kier molecular flexibility index (Phi) is 2.79. The zero-order valence-corrected chi connectivity index (χ0v) is 8.31. The van der Waals surface area contributed by atoms with Crippen LogP contribution in [0.25, 0.3) is 0 Å². The Morgan fingerprint density at radius 3 is 3.14 bits per heavy atom. The van der Waals surface area contributed by atoms with E-state index in [0.29, 0.717) is 18.2 Å². The van der Waals surface area contributed by atoms with Gasteiger partial charge in [0.1, 0.15) is 0 Å². The molecule has 2 heterocycles. The molecule has 1 N–H and O–H groups in total. The van der Waals surface area contributed by atoms with Crippen molar-refractivity contribution >= 4 is 0 Å². The average molecular weight is 197 g/mol. The van der Waals surface area contributed by atoms with E-state index in [0.717, 1.165) is 25.4 Å². The molecule has 1 saturated heterocycles. The topological polar surface area (TPSA) is 62.4 Å². The van der Waals surface area contributed by atoms with Crippen LogP contribution in [0.3, 0.4) is 0 Å². The summed E-state index contributed by atoms with van der Waals surface area (Å²) in [4.78, 5) is 6.50. The summed E-state index contributed by atoms with van der Waals surface area (Å²) in [7, 11) is 2.09. The number of aliphatic hydroxyl groups excluding tert-OH is 1. The highest BCUT2D eigenvalue weighted by Crippen LogP contribution is 2.24. The van der Waals surface area contributed by atoms with Crippen LogP contribution in [0.1, 0.15) is 24.1 Å². The quantitative estimate of drug-likeness (QED) is 0.740. The van der Waals surface area contributed by atoms with Crippen molar-refractivity contribution in [3.05, 3.63) is 11.7 Å². The molecule has 0 spiro atoms. The van der Waals surface area contributed by atoms with Crippen LogP contribution >= 0.6 is 0 Å². The molecule has 0 bridgehead atoms. The number of aromatic nitrogens is 2. The minimum atomic E-state index is 0.0730. The molecule has 2 rings (SSSR count). The predicted octanol–water partition coefficient (Wildman–Crippen LogP) is 0.0235. The lowest BCUT2D eigenvalue weighted by Crippen LogP contribution is -2.13. The van der Waals surface area contributed by atoms with Gasteiger partial charge in [0.25, 0.3) is 0 Å². The SMILES string of the molecule is CN1CCC(c2nc(CCO)no2)C1. The van der Waals surface area contributed by atoms with Crippen LogP contribution in [0.15, 0.2) is 4.52 Å². The van der Waals surface area contributed by atoms with E-state index in [2.05, 4.69) is 22.1 Å². The second kappa shape index (κ2) is 4.06. The molecule has 0 aliphatic carbocycles. The van der Waals surface area contributed by atoms with Gasteiger partial charge in [-0.1, -0.05) is 5.16 Å². The van der Waals surface area contributed by atoms with Gasteiger partial charge >= 0.3 is 0 Å². The van der Waals surface area contributed by atoms with Crippen LogP contribution in [0, 0.1) is 0 Å². The Morgan fingerprint density at radius 2 is 2.50 bits per heavy atom. The predicted molar refractivity (Wildman–Crippen MR) is 49.9 cm³/mol. The van der Waals surface area contributed by atoms with E-state index in [4.69, 9.17) is 9.63 Å². The van der Waals surface area contributed by atoms with Crippen molar-refractivity contribution in [2.75, 3.05) is 26.7 Å². The number of nitrogens with zero attached hydrogens (tertiary/aromatic N) is 3. The Hall–Kier alpha value is -0.940. The van der Waals surface area contributed by atoms with Gasteiger partial charge < -0.3 is 14.5 Å². The molecular weight excluding hydrogens is 182 g/mol. The maximum atomic E-state index is 8.71. The zero-order valence-electron chi connectivity index (χ0n) is 8.31. The number of likely N-dealkylation sites (tertiary alicyclic amines) is 1. The monoisotopic (exact) mass is 197 g/mol. The Morgan fingerprint density at radius 1 is 1.64 bits per heavy atom. The van der Waals surface area contributed by atoms with Crippen LogP contribution in [0.4, 0.5) is 0 Å². The summed E-state index contributed by atoms with van der Waals surface area (Å²) < 4.78 is 5.15. The van der Waals surface area contributed by atoms with Crippen molar-refractivity contribution in [1.29, 1.82) is 0 Å². The zero-order chi connectivity index (χ0) is 9.97. The van der Waals surface area contributed by atoms with Gasteiger partial charge in [0.05, 0.1) is 12.5 Å². The third kappa shape index (κ3) is 1.93. The first-order valence-corrected chi connectivity index (χ1v) is 4.91. The Balaban J connectivity index is 2.02. The lowest BCUT2D eigenvalue weighted by Gasteiger charge is -2.04. The maximum absolute atomic E-state index is 8.71. The van der Waals surface area contributed by atoms with E-state index in [1.54, 1.807) is 0 Å². The van der Waals surface area contributed by atoms with Gasteiger partial charge in [-0.15, -0.1) is 0 Å². The molecule has 78 valence electrons. The molecule has 0 saturated carbocycles. The molecule has 0 radical (unpaired) electrons. The van der Waals surface area contributed by atoms with Crippen molar-refractivity contribution in [1.82, 2.24) is 15.0 Å². The summed E-state index contributed by atoms with van der Waals surface area (Å²) >= 11 is 0. The van der Waals surface area contributed by atoms with E-state index in [1.807, 2.05) is 0 Å². The van der Waals surface area contributed by atoms with Crippen molar-refractivity contribution < 1.29 is 9.63 Å². The minimum Gasteiger partial charge on any atom is -0.396 e. The summed E-state index contributed by atoms with van der Waals surface area (Å²) in [5, 5.41) is 12.5. The molecule has 14 heavy (non-hydrogen) atoms. The third-order valence-electron chi connectivity index (χ3n) is 2.56. The molecule has 1 aromatic rings. The second-order valence-electron chi connectivity index (χ2n) is 3.77. The molecule has 5 nitrogen and oxygen atoms in total. The fourth-order valence-corrected chi connectivity index (χ4v) is 1.77. The summed E-state index contributed by atoms with van der Waals surface area (Å²) in [6, 6.07) is 0. The normalized spacial score (nSPS) is 23.1. The highest BCUT2D eigenvalue weighted by molar-refractivity contribution is 4.98. The minimum absolute atomic E-state index is 0.0730. The maximum Gasteiger partial charge on any atom is 0.231 e. The summed E-state index contributed by atoms with van der Waals surface area (Å²) in [5.74, 6) is 1.70. The summed E-state index contributed by atoms with van der Waals surface area (Å²) in [6.45, 7) is 2.15. The standard InChI is InChI=1S/C9H15N3O2/c1-12-4-2-7(6-12)9-10-8(3-5-13)11-14-9/h7,13H,2-6H2,1H3. The smallest absolute Gasteiger partial charge is 0.231 e. The molecule has 1 aliphatic heterocycles. The van der Waals surface area contributed by atoms with Crippen LogP contribution in [-0.4, -0.2) is 46.9 Å². The lowest BCUT2D eigenvalue weighted by molar-refractivity contribution is 0.292. The van der Waals surface area contributed by atoms with Gasteiger partial charge in [-0.3, -0.25) is 0 Å². The van der Waals surface area contributed by atoms with Crippen LogP contribution in [0.2, 0.25) is 0 Å². The summed E-state index contributed by atoms with van der Waals surface area (Å²) in [6.07, 6.45) is 1.56. The Bertz CT molecular complexity index is 300. The van der Waals surface area contributed by atoms with Gasteiger partial charge in [0.2, 0.25) is 5.89 Å². The van der Waals surface area contributed by atoms with Gasteiger partial charge in [-0.25, -0.2) is 0 Å². The third-order valence-corrected chi connectivity index (χ3v) is 2.56. The number of aliphatic hydroxyl groups is 1. The average Bonchev–Trinajstić information content (AvgIpc) is 2.74. The van der Waals surface area contributed by atoms with Gasteiger partial charge in [-0.05, 0) is 20.0 Å². The number of likely N-dealkylation sites (N-methyl/N-ethyl adjacent to an activating group) is 1. The Labute approximate surface area is 82.7 Å². The van der Waals surface area contributed by atoms with Crippen LogP contribution in [0.5, 0.6) is 0 Å². The van der Waals surface area contributed by atoms with Crippen LogP contribution < -0.4 is 0 Å². The van der Waals surface area contributed by atoms with Crippen molar-refractivity contribution in [2.45, 2.75) is 18.8 Å². The number of rotatable bonds is 3. The first-order chi connectivity index (χ1) is 6.79. The molecule has 1 aromatic heterocycles. The van der Waals surface area contributed by atoms with Gasteiger partial charge in [0.15, 0.2) is 5.82 Å². The number of hydrogen-bond acceptors (Lipinski definition) is 5. The molecule has 1 aliphatic rings. The molecule has 1 atom stereocenters. The van der Waals surface area contributed by atoms with E-state index >= 15 is 0 Å². The fourth-order valence-electron chi connectivity index (χ4n) is 1.77. The molecule has 1 unspecified atom stereocenters.